The van der Waals surface area contributed by atoms with Gasteiger partial charge in [0.1, 0.15) is 0 Å². The second-order valence-corrected chi connectivity index (χ2v) is 10.8. The molecule has 4 aliphatic carbocycles. The largest absolute Gasteiger partial charge is 0.469 e. The zero-order valence-electron chi connectivity index (χ0n) is 23.4. The Morgan fingerprint density at radius 2 is 1.93 bits per heavy atom. The number of methoxy groups -OCH3 is 1. The zero-order chi connectivity index (χ0) is 25.5. The molecule has 4 heteroatoms. The lowest BCUT2D eigenvalue weighted by molar-refractivity contribution is -0.174. The Morgan fingerprint density at radius 3 is 2.66 bits per heavy atom. The lowest BCUT2D eigenvalue weighted by Gasteiger charge is -2.62. The van der Waals surface area contributed by atoms with Gasteiger partial charge in [-0.2, -0.15) is 0 Å². The summed E-state index contributed by atoms with van der Waals surface area (Å²) in [4.78, 5) is 11.7. The van der Waals surface area contributed by atoms with Crippen molar-refractivity contribution in [2.75, 3.05) is 7.11 Å². The van der Waals surface area contributed by atoms with Crippen LogP contribution in [0.5, 0.6) is 0 Å². The number of esters is 1. The summed E-state index contributed by atoms with van der Waals surface area (Å²) in [6.07, 6.45) is -3.44. The van der Waals surface area contributed by atoms with Gasteiger partial charge in [-0.3, -0.25) is 4.79 Å². The second-order valence-electron chi connectivity index (χ2n) is 10.8. The molecule has 4 saturated carbocycles. The van der Waals surface area contributed by atoms with Gasteiger partial charge in [-0.25, -0.2) is 0 Å². The molecule has 2 N–H and O–H groups in total. The van der Waals surface area contributed by atoms with E-state index in [1.54, 1.807) is 0 Å². The maximum Gasteiger partial charge on any atom is 0.305 e. The first-order valence-corrected chi connectivity index (χ1v) is 11.5. The quantitative estimate of drug-likeness (QED) is 0.665. The highest BCUT2D eigenvalue weighted by Crippen LogP contribution is 2.68. The zero-order valence-corrected chi connectivity index (χ0v) is 18.4. The molecule has 166 valence electrons. The number of aliphatic hydroxyl groups is 2. The van der Waals surface area contributed by atoms with E-state index in [-0.39, 0.29) is 42.0 Å². The van der Waals surface area contributed by atoms with Gasteiger partial charge in [0.15, 0.2) is 0 Å². The first-order chi connectivity index (χ1) is 15.5. The molecule has 10 atom stereocenters. The fourth-order valence-corrected chi connectivity index (χ4v) is 8.02. The van der Waals surface area contributed by atoms with Gasteiger partial charge in [-0.05, 0) is 104 Å². The van der Waals surface area contributed by atoms with Crippen molar-refractivity contribution >= 4 is 5.97 Å². The van der Waals surface area contributed by atoms with Crippen molar-refractivity contribution < 1.29 is 26.6 Å². The predicted octanol–water partition coefficient (Wildman–Crippen LogP) is 4.57. The standard InChI is InChI=1S/C25H42O4/c1-15(5-8-22(28)29-4)18-6-7-19-23-20(10-12-25(18,19)3)24(2)11-9-17(26)13-16(24)14-21(23)27/h15-21,23,26-27H,5-14H2,1-4H3/t15-,16+,17-,18-,19+,20+,21+,23+,24+,25-/m0/s1/i9D2,13D2,17D. The SMILES string of the molecule is [2H]C1([2H])C[C@@]2(C)[C@@H]3CC[C@]4(C)[C@H](CC[C@H]4[C@@H](C)CCC(=O)OC)[C@H]3[C@H](O)C[C@H]2C([2H])([2H])[C@@]1([2H])O. The molecule has 0 aliphatic heterocycles. The number of carbonyl (C=O) groups is 1. The Morgan fingerprint density at radius 1 is 1.21 bits per heavy atom. The van der Waals surface area contributed by atoms with E-state index in [1.165, 1.54) is 7.11 Å². The van der Waals surface area contributed by atoms with Crippen LogP contribution in [0.3, 0.4) is 0 Å². The Balaban J connectivity index is 1.63. The first-order valence-electron chi connectivity index (χ1n) is 14.0. The number of fused-ring (bicyclic) bond motifs is 5. The van der Waals surface area contributed by atoms with E-state index >= 15 is 0 Å². The van der Waals surface area contributed by atoms with Crippen LogP contribution in [0, 0.1) is 46.3 Å². The number of rotatable bonds is 4. The van der Waals surface area contributed by atoms with Crippen LogP contribution in [-0.4, -0.2) is 35.5 Å². The third-order valence-electron chi connectivity index (χ3n) is 9.64. The molecule has 0 bridgehead atoms. The number of ether oxygens (including phenoxy) is 1. The Bertz CT molecular complexity index is 819. The van der Waals surface area contributed by atoms with Gasteiger partial charge in [-0.1, -0.05) is 20.8 Å². The van der Waals surface area contributed by atoms with Crippen molar-refractivity contribution in [1.82, 2.24) is 0 Å². The Kier molecular flexibility index (Phi) is 4.34. The van der Waals surface area contributed by atoms with E-state index in [2.05, 4.69) is 13.8 Å². The van der Waals surface area contributed by atoms with Crippen LogP contribution in [0.15, 0.2) is 0 Å². The molecule has 4 nitrogen and oxygen atoms in total. The summed E-state index contributed by atoms with van der Waals surface area (Å²) in [6.45, 7) is 6.48. The van der Waals surface area contributed by atoms with Gasteiger partial charge in [-0.15, -0.1) is 0 Å². The number of carbonyl (C=O) groups excluding carboxylic acids is 1. The summed E-state index contributed by atoms with van der Waals surface area (Å²) in [7, 11) is 1.41. The molecular formula is C25H42O4. The third-order valence-corrected chi connectivity index (χ3v) is 9.64. The van der Waals surface area contributed by atoms with Gasteiger partial charge in [0.2, 0.25) is 0 Å². The summed E-state index contributed by atoms with van der Waals surface area (Å²) in [5.74, 6) is -0.00573. The molecular weight excluding hydrogens is 364 g/mol. The lowest BCUT2D eigenvalue weighted by Crippen LogP contribution is -2.58. The van der Waals surface area contributed by atoms with Gasteiger partial charge < -0.3 is 14.9 Å². The molecule has 4 fully saturated rings. The van der Waals surface area contributed by atoms with Crippen LogP contribution < -0.4 is 0 Å². The third kappa shape index (κ3) is 3.46. The maximum absolute atomic E-state index is 11.7. The van der Waals surface area contributed by atoms with Crippen LogP contribution in [0.25, 0.3) is 0 Å². The van der Waals surface area contributed by atoms with E-state index in [4.69, 9.17) is 11.6 Å². The van der Waals surface area contributed by atoms with Crippen molar-refractivity contribution in [3.05, 3.63) is 0 Å². The van der Waals surface area contributed by atoms with Crippen LogP contribution >= 0.6 is 0 Å². The highest BCUT2D eigenvalue weighted by atomic mass is 16.5. The summed E-state index contributed by atoms with van der Waals surface area (Å²) in [5.41, 5.74) is -0.718. The summed E-state index contributed by atoms with van der Waals surface area (Å²) in [5, 5.41) is 22.1. The minimum atomic E-state index is -2.85. The van der Waals surface area contributed by atoms with E-state index in [0.717, 1.165) is 32.1 Å². The molecule has 0 saturated heterocycles. The molecule has 0 radical (unpaired) electrons. The Hall–Kier alpha value is -0.610. The van der Waals surface area contributed by atoms with Gasteiger partial charge >= 0.3 is 5.97 Å². The molecule has 29 heavy (non-hydrogen) atoms. The fourth-order valence-electron chi connectivity index (χ4n) is 8.02. The minimum Gasteiger partial charge on any atom is -0.469 e. The van der Waals surface area contributed by atoms with E-state index in [0.29, 0.717) is 18.3 Å². The van der Waals surface area contributed by atoms with Crippen molar-refractivity contribution in [1.29, 1.82) is 0 Å². The van der Waals surface area contributed by atoms with Gasteiger partial charge in [0.05, 0.1) is 20.7 Å². The minimum absolute atomic E-state index is 0.0176. The molecule has 0 aromatic heterocycles. The molecule has 0 spiro atoms. The number of aliphatic hydroxyl groups excluding tert-OH is 1. The van der Waals surface area contributed by atoms with Crippen molar-refractivity contribution in [3.8, 4) is 0 Å². The first kappa shape index (κ1) is 16.1. The van der Waals surface area contributed by atoms with Crippen LogP contribution in [-0.2, 0) is 9.53 Å². The van der Waals surface area contributed by atoms with Crippen molar-refractivity contribution in [3.63, 3.8) is 0 Å². The second kappa shape index (κ2) is 7.82. The Labute approximate surface area is 183 Å². The van der Waals surface area contributed by atoms with Crippen molar-refractivity contribution in [2.24, 2.45) is 46.3 Å². The maximum atomic E-state index is 11.7. The molecule has 4 rings (SSSR count). The highest BCUT2D eigenvalue weighted by molar-refractivity contribution is 5.69. The van der Waals surface area contributed by atoms with E-state index < -0.39 is 36.3 Å². The molecule has 4 aliphatic rings. The topological polar surface area (TPSA) is 66.8 Å². The normalized spacial score (nSPS) is 58.8. The van der Waals surface area contributed by atoms with Crippen LogP contribution in [0.4, 0.5) is 0 Å². The predicted molar refractivity (Wildman–Crippen MR) is 113 cm³/mol. The number of hydrogen-bond donors (Lipinski definition) is 2. The molecule has 0 amide bonds. The van der Waals surface area contributed by atoms with Crippen molar-refractivity contribution in [2.45, 2.75) is 97.1 Å². The summed E-state index contributed by atoms with van der Waals surface area (Å²) < 4.78 is 47.2. The smallest absolute Gasteiger partial charge is 0.305 e. The lowest BCUT2D eigenvalue weighted by atomic mass is 9.43. The van der Waals surface area contributed by atoms with Gasteiger partial charge in [0.25, 0.3) is 0 Å². The average molecular weight is 412 g/mol. The monoisotopic (exact) mass is 411 g/mol. The average Bonchev–Trinajstić information content (AvgIpc) is 3.09. The van der Waals surface area contributed by atoms with Crippen LogP contribution in [0.2, 0.25) is 0 Å². The molecule has 0 aromatic carbocycles. The van der Waals surface area contributed by atoms with E-state index in [9.17, 15) is 15.0 Å². The molecule has 0 unspecified atom stereocenters. The summed E-state index contributed by atoms with van der Waals surface area (Å²) in [6, 6.07) is 0. The van der Waals surface area contributed by atoms with Crippen LogP contribution in [0.1, 0.15) is 91.7 Å². The van der Waals surface area contributed by atoms with E-state index in [1.807, 2.05) is 6.92 Å². The van der Waals surface area contributed by atoms with Gasteiger partial charge in [0, 0.05) is 11.9 Å². The number of hydrogen-bond acceptors (Lipinski definition) is 4. The highest BCUT2D eigenvalue weighted by Gasteiger charge is 2.62. The molecule has 0 aromatic rings. The molecule has 0 heterocycles. The summed E-state index contributed by atoms with van der Waals surface area (Å²) >= 11 is 0. The fraction of sp³-hybridized carbons (Fsp3) is 0.960.